The first-order chi connectivity index (χ1) is 9.19. The molecule has 0 saturated carbocycles. The van der Waals surface area contributed by atoms with Gasteiger partial charge in [-0.25, -0.2) is 13.1 Å². The maximum Gasteiger partial charge on any atom is 0.271 e. The Morgan fingerprint density at radius 1 is 1.40 bits per heavy atom. The largest absolute Gasteiger partial charge is 0.391 e. The van der Waals surface area contributed by atoms with Crippen LogP contribution in [0.4, 0.5) is 0 Å². The van der Waals surface area contributed by atoms with Crippen molar-refractivity contribution in [3.8, 4) is 0 Å². The van der Waals surface area contributed by atoms with Crippen molar-refractivity contribution in [3.63, 3.8) is 0 Å². The van der Waals surface area contributed by atoms with Gasteiger partial charge in [0.25, 0.3) is 5.91 Å². The van der Waals surface area contributed by atoms with E-state index in [-0.39, 0.29) is 36.3 Å². The number of carbonyl (C=O) groups excluding carboxylic acids is 1. The zero-order chi connectivity index (χ0) is 15.0. The van der Waals surface area contributed by atoms with Crippen molar-refractivity contribution in [1.29, 1.82) is 0 Å². The number of amides is 1. The van der Waals surface area contributed by atoms with E-state index in [4.69, 9.17) is 4.84 Å². The molecule has 0 aromatic carbocycles. The van der Waals surface area contributed by atoms with Gasteiger partial charge in [0.2, 0.25) is 10.0 Å². The van der Waals surface area contributed by atoms with Gasteiger partial charge >= 0.3 is 0 Å². The molecule has 114 valence electrons. The molecule has 1 amide bonds. The molecular weight excluding hydrogens is 282 g/mol. The predicted octanol–water partition coefficient (Wildman–Crippen LogP) is -0.0610. The van der Waals surface area contributed by atoms with Gasteiger partial charge in [0.15, 0.2) is 0 Å². The standard InChI is InChI=1S/C12H21N3O4S/c1-12(2,3)10-8-9(14-19-10)11(16)15-5-4-13-20(17,18)7-6-15/h10,13H,4-8H2,1-3H3. The second-order valence-corrected chi connectivity index (χ2v) is 8.13. The summed E-state index contributed by atoms with van der Waals surface area (Å²) >= 11 is 0. The van der Waals surface area contributed by atoms with Crippen LogP contribution >= 0.6 is 0 Å². The van der Waals surface area contributed by atoms with Gasteiger partial charge in [0, 0.05) is 31.5 Å². The average Bonchev–Trinajstić information content (AvgIpc) is 2.75. The van der Waals surface area contributed by atoms with E-state index < -0.39 is 10.0 Å². The lowest BCUT2D eigenvalue weighted by Crippen LogP contribution is -2.40. The number of hydrogen-bond acceptors (Lipinski definition) is 5. The summed E-state index contributed by atoms with van der Waals surface area (Å²) < 4.78 is 25.3. The van der Waals surface area contributed by atoms with Crippen molar-refractivity contribution in [3.05, 3.63) is 0 Å². The van der Waals surface area contributed by atoms with E-state index in [0.29, 0.717) is 18.7 Å². The molecule has 2 heterocycles. The highest BCUT2D eigenvalue weighted by Gasteiger charge is 2.36. The molecule has 1 saturated heterocycles. The Morgan fingerprint density at radius 3 is 2.70 bits per heavy atom. The van der Waals surface area contributed by atoms with E-state index in [1.165, 1.54) is 4.90 Å². The van der Waals surface area contributed by atoms with E-state index in [1.807, 2.05) is 20.8 Å². The van der Waals surface area contributed by atoms with Gasteiger partial charge in [-0.05, 0) is 0 Å². The van der Waals surface area contributed by atoms with Crippen molar-refractivity contribution in [1.82, 2.24) is 9.62 Å². The fourth-order valence-corrected chi connectivity index (χ4v) is 3.11. The van der Waals surface area contributed by atoms with E-state index >= 15 is 0 Å². The molecule has 20 heavy (non-hydrogen) atoms. The van der Waals surface area contributed by atoms with Crippen LogP contribution in [0.1, 0.15) is 27.2 Å². The zero-order valence-corrected chi connectivity index (χ0v) is 12.9. The molecule has 1 fully saturated rings. The summed E-state index contributed by atoms with van der Waals surface area (Å²) in [4.78, 5) is 19.2. The molecule has 0 spiro atoms. The molecule has 0 aromatic rings. The van der Waals surface area contributed by atoms with Crippen LogP contribution in [0.3, 0.4) is 0 Å². The van der Waals surface area contributed by atoms with Crippen LogP contribution in [-0.4, -0.2) is 56.4 Å². The summed E-state index contributed by atoms with van der Waals surface area (Å²) in [6.07, 6.45) is 0.356. The van der Waals surface area contributed by atoms with Gasteiger partial charge in [-0.2, -0.15) is 0 Å². The molecule has 0 radical (unpaired) electrons. The number of rotatable bonds is 1. The Morgan fingerprint density at radius 2 is 2.10 bits per heavy atom. The van der Waals surface area contributed by atoms with Crippen molar-refractivity contribution < 1.29 is 18.0 Å². The van der Waals surface area contributed by atoms with Crippen molar-refractivity contribution in [2.24, 2.45) is 10.6 Å². The highest BCUT2D eigenvalue weighted by molar-refractivity contribution is 7.89. The summed E-state index contributed by atoms with van der Waals surface area (Å²) in [5.74, 6) is -0.300. The Kier molecular flexibility index (Phi) is 4.06. The number of carbonyl (C=O) groups is 1. The van der Waals surface area contributed by atoms with Crippen LogP contribution in [0.5, 0.6) is 0 Å². The van der Waals surface area contributed by atoms with Crippen molar-refractivity contribution >= 4 is 21.6 Å². The van der Waals surface area contributed by atoms with Crippen LogP contribution < -0.4 is 4.72 Å². The maximum atomic E-state index is 12.3. The Labute approximate surface area is 119 Å². The minimum atomic E-state index is -3.26. The highest BCUT2D eigenvalue weighted by atomic mass is 32.2. The Hall–Kier alpha value is -1.15. The lowest BCUT2D eigenvalue weighted by Gasteiger charge is -2.24. The third kappa shape index (κ3) is 3.49. The lowest BCUT2D eigenvalue weighted by molar-refractivity contribution is -0.123. The molecule has 0 bridgehead atoms. The monoisotopic (exact) mass is 303 g/mol. The topological polar surface area (TPSA) is 88.1 Å². The van der Waals surface area contributed by atoms with Crippen LogP contribution in [0.2, 0.25) is 0 Å². The summed E-state index contributed by atoms with van der Waals surface area (Å²) in [7, 11) is -3.26. The van der Waals surface area contributed by atoms with Crippen LogP contribution in [0, 0.1) is 5.41 Å². The Balaban J connectivity index is 1.99. The third-order valence-corrected chi connectivity index (χ3v) is 4.87. The lowest BCUT2D eigenvalue weighted by atomic mass is 9.86. The smallest absolute Gasteiger partial charge is 0.271 e. The minimum absolute atomic E-state index is 0.0738. The highest BCUT2D eigenvalue weighted by Crippen LogP contribution is 2.29. The van der Waals surface area contributed by atoms with Crippen LogP contribution in [0.25, 0.3) is 0 Å². The summed E-state index contributed by atoms with van der Waals surface area (Å²) in [6, 6.07) is 0. The molecule has 1 unspecified atom stereocenters. The molecule has 0 aromatic heterocycles. The van der Waals surface area contributed by atoms with Gasteiger partial charge in [-0.3, -0.25) is 4.79 Å². The van der Waals surface area contributed by atoms with E-state index in [0.717, 1.165) is 0 Å². The Bertz CT molecular complexity index is 521. The normalized spacial score (nSPS) is 26.6. The van der Waals surface area contributed by atoms with Gasteiger partial charge in [-0.1, -0.05) is 25.9 Å². The summed E-state index contributed by atoms with van der Waals surface area (Å²) in [6.45, 7) is 6.88. The molecule has 1 atom stereocenters. The molecule has 2 rings (SSSR count). The molecule has 0 aliphatic carbocycles. The number of nitrogens with zero attached hydrogens (tertiary/aromatic N) is 2. The second-order valence-electron chi connectivity index (χ2n) is 6.21. The fraction of sp³-hybridized carbons (Fsp3) is 0.833. The molecule has 1 N–H and O–H groups in total. The maximum absolute atomic E-state index is 12.3. The molecule has 2 aliphatic heterocycles. The van der Waals surface area contributed by atoms with Crippen LogP contribution in [-0.2, 0) is 19.7 Å². The van der Waals surface area contributed by atoms with Crippen molar-refractivity contribution in [2.75, 3.05) is 25.4 Å². The number of oxime groups is 1. The van der Waals surface area contributed by atoms with Gasteiger partial charge in [0.05, 0.1) is 5.75 Å². The fourth-order valence-electron chi connectivity index (χ4n) is 2.10. The minimum Gasteiger partial charge on any atom is -0.391 e. The average molecular weight is 303 g/mol. The summed E-state index contributed by atoms with van der Waals surface area (Å²) in [5.41, 5.74) is 0.291. The van der Waals surface area contributed by atoms with Crippen LogP contribution in [0.15, 0.2) is 5.16 Å². The molecular formula is C12H21N3O4S. The number of nitrogens with one attached hydrogen (secondary N) is 1. The number of hydrogen-bond donors (Lipinski definition) is 1. The molecule has 8 heteroatoms. The SMILES string of the molecule is CC(C)(C)C1CC(C(=O)N2CCNS(=O)(=O)CC2)=NO1. The van der Waals surface area contributed by atoms with E-state index in [2.05, 4.69) is 9.88 Å². The first kappa shape index (κ1) is 15.2. The quantitative estimate of drug-likeness (QED) is 0.735. The predicted molar refractivity (Wildman–Crippen MR) is 74.7 cm³/mol. The third-order valence-electron chi connectivity index (χ3n) is 3.50. The second kappa shape index (κ2) is 5.33. The van der Waals surface area contributed by atoms with Gasteiger partial charge in [0.1, 0.15) is 11.8 Å². The number of sulfonamides is 1. The molecule has 2 aliphatic rings. The van der Waals surface area contributed by atoms with Gasteiger partial charge < -0.3 is 9.74 Å². The first-order valence-electron chi connectivity index (χ1n) is 6.68. The van der Waals surface area contributed by atoms with E-state index in [9.17, 15) is 13.2 Å². The van der Waals surface area contributed by atoms with Gasteiger partial charge in [-0.15, -0.1) is 0 Å². The summed E-state index contributed by atoms with van der Waals surface area (Å²) in [5, 5.41) is 3.88. The molecule has 7 nitrogen and oxygen atoms in total. The van der Waals surface area contributed by atoms with Crippen molar-refractivity contribution in [2.45, 2.75) is 33.3 Å². The van der Waals surface area contributed by atoms with E-state index in [1.54, 1.807) is 0 Å². The zero-order valence-electron chi connectivity index (χ0n) is 12.0. The first-order valence-corrected chi connectivity index (χ1v) is 8.33.